The summed E-state index contributed by atoms with van der Waals surface area (Å²) in [6.07, 6.45) is 1.94. The monoisotopic (exact) mass is 254 g/mol. The van der Waals surface area contributed by atoms with Gasteiger partial charge >= 0.3 is 5.92 Å². The van der Waals surface area contributed by atoms with E-state index in [1.54, 1.807) is 6.07 Å². The molecule has 0 saturated carbocycles. The van der Waals surface area contributed by atoms with Gasteiger partial charge in [0, 0.05) is 18.2 Å². The first-order valence-corrected chi connectivity index (χ1v) is 6.06. The van der Waals surface area contributed by atoms with Crippen LogP contribution in [0.25, 0.3) is 0 Å². The quantitative estimate of drug-likeness (QED) is 0.857. The highest BCUT2D eigenvalue weighted by atomic mass is 19.3. The smallest absolute Gasteiger partial charge is 0.349 e. The Bertz CT molecular complexity index is 403. The van der Waals surface area contributed by atoms with Crippen LogP contribution in [0.5, 0.6) is 0 Å². The van der Waals surface area contributed by atoms with E-state index in [1.807, 2.05) is 0 Å². The molecule has 18 heavy (non-hydrogen) atoms. The number of halogens is 2. The van der Waals surface area contributed by atoms with Gasteiger partial charge in [0.05, 0.1) is 0 Å². The molecule has 1 amide bonds. The summed E-state index contributed by atoms with van der Waals surface area (Å²) in [6.45, 7) is 1.14. The minimum atomic E-state index is -3.47. The van der Waals surface area contributed by atoms with Crippen molar-refractivity contribution >= 4 is 5.91 Å². The summed E-state index contributed by atoms with van der Waals surface area (Å²) in [5.41, 5.74) is -0.276. The van der Waals surface area contributed by atoms with Crippen molar-refractivity contribution in [2.24, 2.45) is 0 Å². The lowest BCUT2D eigenvalue weighted by molar-refractivity contribution is -0.147. The second-order valence-corrected chi connectivity index (χ2v) is 4.44. The maximum absolute atomic E-state index is 13.8. The second-order valence-electron chi connectivity index (χ2n) is 4.44. The number of alkyl halides is 2. The molecule has 1 aromatic carbocycles. The van der Waals surface area contributed by atoms with E-state index in [2.05, 4.69) is 10.6 Å². The zero-order valence-electron chi connectivity index (χ0n) is 9.96. The molecule has 1 aliphatic heterocycles. The first-order chi connectivity index (χ1) is 8.60. The largest absolute Gasteiger partial charge is 0.349 e. The first-order valence-electron chi connectivity index (χ1n) is 6.06. The summed E-state index contributed by atoms with van der Waals surface area (Å²) >= 11 is 0. The fourth-order valence-electron chi connectivity index (χ4n) is 2.04. The maximum Gasteiger partial charge on any atom is 0.349 e. The van der Waals surface area contributed by atoms with Crippen LogP contribution in [0.4, 0.5) is 8.78 Å². The number of benzene rings is 1. The number of carbonyl (C=O) groups is 1. The van der Waals surface area contributed by atoms with E-state index in [9.17, 15) is 13.6 Å². The predicted molar refractivity (Wildman–Crippen MR) is 64.4 cm³/mol. The summed E-state index contributed by atoms with van der Waals surface area (Å²) in [5, 5.41) is 5.46. The van der Waals surface area contributed by atoms with Crippen LogP contribution >= 0.6 is 0 Å². The topological polar surface area (TPSA) is 41.1 Å². The van der Waals surface area contributed by atoms with Gasteiger partial charge in [0.15, 0.2) is 0 Å². The van der Waals surface area contributed by atoms with Gasteiger partial charge < -0.3 is 10.6 Å². The van der Waals surface area contributed by atoms with E-state index < -0.39 is 11.8 Å². The lowest BCUT2D eigenvalue weighted by atomic mass is 10.1. The zero-order valence-corrected chi connectivity index (χ0v) is 9.96. The molecule has 0 aliphatic carbocycles. The van der Waals surface area contributed by atoms with Crippen molar-refractivity contribution in [1.82, 2.24) is 10.6 Å². The van der Waals surface area contributed by atoms with Crippen molar-refractivity contribution in [1.29, 1.82) is 0 Å². The molecule has 1 fully saturated rings. The van der Waals surface area contributed by atoms with E-state index >= 15 is 0 Å². The lowest BCUT2D eigenvalue weighted by Crippen LogP contribution is -2.43. The van der Waals surface area contributed by atoms with Gasteiger partial charge in [-0.2, -0.15) is 8.78 Å². The standard InChI is InChI=1S/C13H16F2N2O/c14-13(15,10-5-2-1-3-6-10)12(18)17-9-11-7-4-8-16-11/h1-3,5-6,11,16H,4,7-9H2,(H,17,18). The average Bonchev–Trinajstić information content (AvgIpc) is 2.90. The molecule has 2 N–H and O–H groups in total. The molecule has 0 aromatic heterocycles. The molecular formula is C13H16F2N2O. The summed E-state index contributed by atoms with van der Waals surface area (Å²) in [7, 11) is 0. The molecule has 1 atom stereocenters. The highest BCUT2D eigenvalue weighted by Gasteiger charge is 2.40. The van der Waals surface area contributed by atoms with Gasteiger partial charge in [-0.1, -0.05) is 30.3 Å². The number of nitrogens with one attached hydrogen (secondary N) is 2. The predicted octanol–water partition coefficient (Wildman–Crippen LogP) is 1.65. The summed E-state index contributed by atoms with van der Waals surface area (Å²) in [4.78, 5) is 11.5. The minimum Gasteiger partial charge on any atom is -0.349 e. The molecular weight excluding hydrogens is 238 g/mol. The van der Waals surface area contributed by atoms with Crippen molar-refractivity contribution in [3.63, 3.8) is 0 Å². The van der Waals surface area contributed by atoms with Crippen LogP contribution in [0.3, 0.4) is 0 Å². The molecule has 1 aliphatic rings. The fraction of sp³-hybridized carbons (Fsp3) is 0.462. The van der Waals surface area contributed by atoms with Crippen LogP contribution in [0.15, 0.2) is 30.3 Å². The number of rotatable bonds is 4. The third-order valence-corrected chi connectivity index (χ3v) is 3.09. The zero-order chi connectivity index (χ0) is 13.0. The second kappa shape index (κ2) is 5.44. The number of carbonyl (C=O) groups excluding carboxylic acids is 1. The van der Waals surface area contributed by atoms with E-state index in [0.717, 1.165) is 19.4 Å². The Morgan fingerprint density at radius 3 is 2.72 bits per heavy atom. The van der Waals surface area contributed by atoms with Crippen LogP contribution < -0.4 is 10.6 Å². The van der Waals surface area contributed by atoms with Crippen molar-refractivity contribution in [3.8, 4) is 0 Å². The summed E-state index contributed by atoms with van der Waals surface area (Å²) in [6, 6.07) is 7.26. The molecule has 98 valence electrons. The van der Waals surface area contributed by atoms with Crippen LogP contribution in [0.2, 0.25) is 0 Å². The number of hydrogen-bond donors (Lipinski definition) is 2. The third kappa shape index (κ3) is 2.85. The molecule has 0 spiro atoms. The summed E-state index contributed by atoms with van der Waals surface area (Å²) in [5.74, 6) is -4.71. The van der Waals surface area contributed by atoms with Gasteiger partial charge in [-0.3, -0.25) is 4.79 Å². The van der Waals surface area contributed by atoms with Crippen LogP contribution in [0, 0.1) is 0 Å². The van der Waals surface area contributed by atoms with Gasteiger partial charge in [0.1, 0.15) is 0 Å². The lowest BCUT2D eigenvalue weighted by Gasteiger charge is -2.18. The van der Waals surface area contributed by atoms with Crippen molar-refractivity contribution in [2.45, 2.75) is 24.8 Å². The highest BCUT2D eigenvalue weighted by Crippen LogP contribution is 2.27. The molecule has 1 heterocycles. The molecule has 2 rings (SSSR count). The van der Waals surface area contributed by atoms with E-state index in [4.69, 9.17) is 0 Å². The van der Waals surface area contributed by atoms with Gasteiger partial charge in [-0.05, 0) is 19.4 Å². The van der Waals surface area contributed by atoms with E-state index in [1.165, 1.54) is 24.3 Å². The van der Waals surface area contributed by atoms with Gasteiger partial charge in [-0.15, -0.1) is 0 Å². The van der Waals surface area contributed by atoms with Crippen LogP contribution in [-0.4, -0.2) is 25.0 Å². The van der Waals surface area contributed by atoms with Crippen LogP contribution in [0.1, 0.15) is 18.4 Å². The van der Waals surface area contributed by atoms with Gasteiger partial charge in [0.25, 0.3) is 5.91 Å². The van der Waals surface area contributed by atoms with Gasteiger partial charge in [-0.25, -0.2) is 0 Å². The molecule has 1 unspecified atom stereocenters. The first kappa shape index (κ1) is 13.0. The molecule has 3 nitrogen and oxygen atoms in total. The Balaban J connectivity index is 1.94. The molecule has 1 saturated heterocycles. The Morgan fingerprint density at radius 1 is 1.39 bits per heavy atom. The number of hydrogen-bond acceptors (Lipinski definition) is 2. The molecule has 0 bridgehead atoms. The van der Waals surface area contributed by atoms with E-state index in [0.29, 0.717) is 0 Å². The summed E-state index contributed by atoms with van der Waals surface area (Å²) < 4.78 is 27.6. The van der Waals surface area contributed by atoms with Crippen molar-refractivity contribution in [3.05, 3.63) is 35.9 Å². The van der Waals surface area contributed by atoms with Crippen LogP contribution in [-0.2, 0) is 10.7 Å². The normalized spacial score (nSPS) is 19.8. The van der Waals surface area contributed by atoms with Gasteiger partial charge in [0.2, 0.25) is 0 Å². The SMILES string of the molecule is O=C(NCC1CCCN1)C(F)(F)c1ccccc1. The van der Waals surface area contributed by atoms with Crippen molar-refractivity contribution < 1.29 is 13.6 Å². The Kier molecular flexibility index (Phi) is 3.91. The minimum absolute atomic E-state index is 0.112. The molecule has 1 aromatic rings. The fourth-order valence-corrected chi connectivity index (χ4v) is 2.04. The molecule has 5 heteroatoms. The Hall–Kier alpha value is -1.49. The Labute approximate surface area is 105 Å². The van der Waals surface area contributed by atoms with E-state index in [-0.39, 0.29) is 18.2 Å². The third-order valence-electron chi connectivity index (χ3n) is 3.09. The van der Waals surface area contributed by atoms with Crippen molar-refractivity contribution in [2.75, 3.05) is 13.1 Å². The maximum atomic E-state index is 13.8. The molecule has 0 radical (unpaired) electrons. The number of amides is 1. The highest BCUT2D eigenvalue weighted by molar-refractivity contribution is 5.84. The Morgan fingerprint density at radius 2 is 2.11 bits per heavy atom. The average molecular weight is 254 g/mol.